The Balaban J connectivity index is 1.37. The van der Waals surface area contributed by atoms with Crippen LogP contribution in [0.5, 0.6) is 23.0 Å². The van der Waals surface area contributed by atoms with E-state index in [1.807, 2.05) is 73.7 Å². The molecule has 0 saturated heterocycles. The SMILES string of the molecule is COc1ccc(-c2oc3ncn4nc(CON=C(C)c5ccc(OC)c(OC)c5)nc4c3c2-c2ccc(OC)cc2)cc1. The predicted molar refractivity (Wildman–Crippen MR) is 161 cm³/mol. The number of hydrogen-bond acceptors (Lipinski definition) is 10. The highest BCUT2D eigenvalue weighted by Crippen LogP contribution is 2.42. The number of oxime groups is 1. The highest BCUT2D eigenvalue weighted by Gasteiger charge is 2.23. The quantitative estimate of drug-likeness (QED) is 0.139. The molecule has 3 heterocycles. The number of aromatic nitrogens is 4. The van der Waals surface area contributed by atoms with E-state index in [1.165, 1.54) is 0 Å². The minimum Gasteiger partial charge on any atom is -0.497 e. The van der Waals surface area contributed by atoms with Crippen LogP contribution >= 0.6 is 0 Å². The summed E-state index contributed by atoms with van der Waals surface area (Å²) in [5, 5.41) is 9.57. The fourth-order valence-corrected chi connectivity index (χ4v) is 4.78. The van der Waals surface area contributed by atoms with Crippen LogP contribution in [-0.4, -0.2) is 53.7 Å². The zero-order valence-corrected chi connectivity index (χ0v) is 24.3. The Morgan fingerprint density at radius 3 is 2.14 bits per heavy atom. The van der Waals surface area contributed by atoms with E-state index < -0.39 is 0 Å². The molecular formula is C32H29N5O6. The molecule has 6 aromatic rings. The van der Waals surface area contributed by atoms with Crippen molar-refractivity contribution in [2.75, 3.05) is 28.4 Å². The Labute approximate surface area is 247 Å². The molecule has 43 heavy (non-hydrogen) atoms. The number of nitrogens with zero attached hydrogens (tertiary/aromatic N) is 5. The summed E-state index contributed by atoms with van der Waals surface area (Å²) in [6.45, 7) is 1.90. The number of ether oxygens (including phenoxy) is 4. The minimum atomic E-state index is 0.0505. The van der Waals surface area contributed by atoms with Crippen LogP contribution in [0.15, 0.2) is 82.6 Å². The Morgan fingerprint density at radius 2 is 1.49 bits per heavy atom. The average Bonchev–Trinajstić information content (AvgIpc) is 3.66. The lowest BCUT2D eigenvalue weighted by molar-refractivity contribution is 0.125. The first-order valence-electron chi connectivity index (χ1n) is 13.4. The van der Waals surface area contributed by atoms with Crippen LogP contribution in [0.4, 0.5) is 0 Å². The van der Waals surface area contributed by atoms with E-state index in [2.05, 4.69) is 15.2 Å². The van der Waals surface area contributed by atoms with Gasteiger partial charge in [-0.2, -0.15) is 0 Å². The van der Waals surface area contributed by atoms with Gasteiger partial charge < -0.3 is 28.2 Å². The van der Waals surface area contributed by atoms with Crippen molar-refractivity contribution < 1.29 is 28.2 Å². The Hall–Kier alpha value is -5.58. The maximum absolute atomic E-state index is 6.35. The van der Waals surface area contributed by atoms with Crippen LogP contribution in [0.1, 0.15) is 18.3 Å². The minimum absolute atomic E-state index is 0.0505. The topological polar surface area (TPSA) is 115 Å². The van der Waals surface area contributed by atoms with Crippen molar-refractivity contribution >= 4 is 22.5 Å². The summed E-state index contributed by atoms with van der Waals surface area (Å²) in [5.41, 5.74) is 5.13. The van der Waals surface area contributed by atoms with Gasteiger partial charge in [-0.15, -0.1) is 5.10 Å². The van der Waals surface area contributed by atoms with Crippen molar-refractivity contribution in [1.82, 2.24) is 19.6 Å². The molecule has 0 N–H and O–H groups in total. The third-order valence-corrected chi connectivity index (χ3v) is 7.00. The second-order valence-corrected chi connectivity index (χ2v) is 9.50. The second kappa shape index (κ2) is 11.7. The van der Waals surface area contributed by atoms with Gasteiger partial charge in [-0.25, -0.2) is 14.5 Å². The summed E-state index contributed by atoms with van der Waals surface area (Å²) in [6, 6.07) is 21.0. The molecule has 0 bridgehead atoms. The molecule has 0 aliphatic heterocycles. The third-order valence-electron chi connectivity index (χ3n) is 7.00. The number of fused-ring (bicyclic) bond motifs is 3. The summed E-state index contributed by atoms with van der Waals surface area (Å²) in [5.74, 6) is 3.83. The number of methoxy groups -OCH3 is 4. The first-order chi connectivity index (χ1) is 21.0. The van der Waals surface area contributed by atoms with Crippen molar-refractivity contribution in [1.29, 1.82) is 0 Å². The van der Waals surface area contributed by atoms with Gasteiger partial charge in [0.05, 0.1) is 39.5 Å². The van der Waals surface area contributed by atoms with Gasteiger partial charge in [-0.3, -0.25) is 0 Å². The number of hydrogen-bond donors (Lipinski definition) is 0. The number of rotatable bonds is 10. The van der Waals surface area contributed by atoms with Crippen molar-refractivity contribution in [2.45, 2.75) is 13.5 Å². The Bertz CT molecular complexity index is 1930. The molecule has 0 radical (unpaired) electrons. The monoisotopic (exact) mass is 579 g/mol. The second-order valence-electron chi connectivity index (χ2n) is 9.50. The van der Waals surface area contributed by atoms with Gasteiger partial charge in [0.2, 0.25) is 5.71 Å². The predicted octanol–water partition coefficient (Wildman–Crippen LogP) is 6.18. The number of furan rings is 1. The molecular weight excluding hydrogens is 550 g/mol. The maximum atomic E-state index is 6.35. The molecule has 0 fully saturated rings. The van der Waals surface area contributed by atoms with Crippen LogP contribution in [0, 0.1) is 0 Å². The molecule has 3 aromatic heterocycles. The largest absolute Gasteiger partial charge is 0.497 e. The van der Waals surface area contributed by atoms with Crippen LogP contribution in [0.3, 0.4) is 0 Å². The Kier molecular flexibility index (Phi) is 7.52. The zero-order valence-electron chi connectivity index (χ0n) is 24.3. The molecule has 0 atom stereocenters. The van der Waals surface area contributed by atoms with Crippen LogP contribution < -0.4 is 18.9 Å². The van der Waals surface area contributed by atoms with Crippen molar-refractivity contribution in [3.8, 4) is 45.4 Å². The molecule has 11 heteroatoms. The average molecular weight is 580 g/mol. The molecule has 0 aliphatic rings. The smallest absolute Gasteiger partial charge is 0.232 e. The fourth-order valence-electron chi connectivity index (χ4n) is 4.78. The van der Waals surface area contributed by atoms with Crippen molar-refractivity contribution in [3.63, 3.8) is 0 Å². The van der Waals surface area contributed by atoms with Crippen molar-refractivity contribution in [3.05, 3.63) is 84.4 Å². The summed E-state index contributed by atoms with van der Waals surface area (Å²) in [6.07, 6.45) is 1.57. The highest BCUT2D eigenvalue weighted by molar-refractivity contribution is 6.07. The Morgan fingerprint density at radius 1 is 0.814 bits per heavy atom. The summed E-state index contributed by atoms with van der Waals surface area (Å²) >= 11 is 0. The van der Waals surface area contributed by atoms with Gasteiger partial charge in [-0.05, 0) is 67.1 Å². The number of benzene rings is 3. The molecule has 6 rings (SSSR count). The fraction of sp³-hybridized carbons (Fsp3) is 0.188. The van der Waals surface area contributed by atoms with Gasteiger partial charge in [0.1, 0.15) is 23.6 Å². The van der Waals surface area contributed by atoms with Gasteiger partial charge in [0.25, 0.3) is 0 Å². The first-order valence-corrected chi connectivity index (χ1v) is 13.4. The van der Waals surface area contributed by atoms with Gasteiger partial charge >= 0.3 is 0 Å². The third kappa shape index (κ3) is 5.28. The van der Waals surface area contributed by atoms with E-state index in [1.54, 1.807) is 39.3 Å². The van der Waals surface area contributed by atoms with Crippen molar-refractivity contribution in [2.24, 2.45) is 5.16 Å². The van der Waals surface area contributed by atoms with E-state index in [0.717, 1.165) is 39.1 Å². The summed E-state index contributed by atoms with van der Waals surface area (Å²) in [4.78, 5) is 15.0. The van der Waals surface area contributed by atoms with E-state index in [9.17, 15) is 0 Å². The normalized spacial score (nSPS) is 11.6. The zero-order chi connectivity index (χ0) is 29.9. The lowest BCUT2D eigenvalue weighted by Crippen LogP contribution is -1.99. The summed E-state index contributed by atoms with van der Waals surface area (Å²) < 4.78 is 29.4. The molecule has 0 amide bonds. The van der Waals surface area contributed by atoms with Crippen LogP contribution in [0.25, 0.3) is 39.2 Å². The van der Waals surface area contributed by atoms with E-state index in [0.29, 0.717) is 40.2 Å². The maximum Gasteiger partial charge on any atom is 0.232 e. The lowest BCUT2D eigenvalue weighted by atomic mass is 9.99. The van der Waals surface area contributed by atoms with E-state index in [4.69, 9.17) is 33.2 Å². The van der Waals surface area contributed by atoms with Gasteiger partial charge in [0.15, 0.2) is 29.6 Å². The lowest BCUT2D eigenvalue weighted by Gasteiger charge is -2.09. The molecule has 0 aliphatic carbocycles. The molecule has 3 aromatic carbocycles. The first kappa shape index (κ1) is 27.6. The van der Waals surface area contributed by atoms with E-state index in [-0.39, 0.29) is 6.61 Å². The standard InChI is InChI=1S/C32H29N5O6/c1-19(22-10-15-25(40-4)26(16-22)41-5)36-42-17-27-34-31-29-28(20-6-11-23(38-2)12-7-20)30(21-8-13-24(39-3)14-9-21)43-32(29)33-18-37(31)35-27/h6-16,18H,17H2,1-5H3. The molecule has 0 saturated carbocycles. The van der Waals surface area contributed by atoms with Crippen LogP contribution in [0.2, 0.25) is 0 Å². The summed E-state index contributed by atoms with van der Waals surface area (Å²) in [7, 11) is 6.45. The molecule has 218 valence electrons. The van der Waals surface area contributed by atoms with Crippen LogP contribution in [-0.2, 0) is 11.4 Å². The molecule has 0 spiro atoms. The van der Waals surface area contributed by atoms with Gasteiger partial charge in [-0.1, -0.05) is 17.3 Å². The van der Waals surface area contributed by atoms with E-state index >= 15 is 0 Å². The van der Waals surface area contributed by atoms with Gasteiger partial charge in [0, 0.05) is 16.7 Å². The molecule has 0 unspecified atom stereocenters. The molecule has 11 nitrogen and oxygen atoms in total. The highest BCUT2D eigenvalue weighted by atomic mass is 16.6.